The number of nitrogens with zero attached hydrogens (tertiary/aromatic N) is 2. The lowest BCUT2D eigenvalue weighted by atomic mass is 10.3. The fraction of sp³-hybridized carbons (Fsp3) is 0.0909. The maximum absolute atomic E-state index is 10.5. The molecule has 0 aliphatic rings. The lowest BCUT2D eigenvalue weighted by molar-refractivity contribution is -0.133. The standard InChI is InChI=1S/C11H9ClN4O2S3/c12-6-1-3-7(4-2-6)13-9(19)14-10-15-16-11(21-10)20-5-8(17)18/h1-4H,5H2,(H,17,18)(H2,13,14,15,19). The number of halogens is 1. The van der Waals surface area contributed by atoms with Gasteiger partial charge in [-0.05, 0) is 36.5 Å². The van der Waals surface area contributed by atoms with Crippen molar-refractivity contribution in [2.24, 2.45) is 0 Å². The highest BCUT2D eigenvalue weighted by atomic mass is 35.5. The van der Waals surface area contributed by atoms with Crippen molar-refractivity contribution in [3.8, 4) is 0 Å². The molecular formula is C11H9ClN4O2S3. The largest absolute Gasteiger partial charge is 0.481 e. The minimum Gasteiger partial charge on any atom is -0.481 e. The predicted octanol–water partition coefficient (Wildman–Crippen LogP) is 3.18. The molecule has 3 N–H and O–H groups in total. The van der Waals surface area contributed by atoms with Gasteiger partial charge in [0, 0.05) is 10.7 Å². The van der Waals surface area contributed by atoms with Crippen LogP contribution in [0, 0.1) is 0 Å². The molecule has 2 rings (SSSR count). The summed E-state index contributed by atoms with van der Waals surface area (Å²) >= 11 is 13.3. The van der Waals surface area contributed by atoms with Crippen LogP contribution in [0.5, 0.6) is 0 Å². The minimum absolute atomic E-state index is 0.0535. The Hall–Kier alpha value is -1.42. The molecule has 10 heteroatoms. The summed E-state index contributed by atoms with van der Waals surface area (Å²) in [6, 6.07) is 7.09. The van der Waals surface area contributed by atoms with Crippen LogP contribution in [-0.4, -0.2) is 32.1 Å². The quantitative estimate of drug-likeness (QED) is 0.553. The number of hydrogen-bond acceptors (Lipinski definition) is 6. The van der Waals surface area contributed by atoms with Crippen LogP contribution in [0.3, 0.4) is 0 Å². The number of benzene rings is 1. The van der Waals surface area contributed by atoms with Crippen LogP contribution in [0.1, 0.15) is 0 Å². The van der Waals surface area contributed by atoms with E-state index in [-0.39, 0.29) is 5.75 Å². The number of carbonyl (C=O) groups is 1. The van der Waals surface area contributed by atoms with Gasteiger partial charge in [0.15, 0.2) is 9.45 Å². The number of aromatic nitrogens is 2. The topological polar surface area (TPSA) is 87.1 Å². The summed E-state index contributed by atoms with van der Waals surface area (Å²) < 4.78 is 0.564. The number of carboxylic acid groups (broad SMARTS) is 1. The molecule has 0 atom stereocenters. The van der Waals surface area contributed by atoms with Gasteiger partial charge in [-0.2, -0.15) is 0 Å². The summed E-state index contributed by atoms with van der Waals surface area (Å²) in [6.07, 6.45) is 0. The third-order valence-corrected chi connectivity index (χ3v) is 4.46. The predicted molar refractivity (Wildman–Crippen MR) is 89.6 cm³/mol. The Bertz CT molecular complexity index is 647. The van der Waals surface area contributed by atoms with Crippen molar-refractivity contribution < 1.29 is 9.90 Å². The van der Waals surface area contributed by atoms with Crippen LogP contribution < -0.4 is 10.6 Å². The van der Waals surface area contributed by atoms with Crippen molar-refractivity contribution in [2.75, 3.05) is 16.4 Å². The van der Waals surface area contributed by atoms with Gasteiger partial charge in [-0.3, -0.25) is 4.79 Å². The Morgan fingerprint density at radius 1 is 1.33 bits per heavy atom. The second kappa shape index (κ2) is 7.55. The van der Waals surface area contributed by atoms with Gasteiger partial charge in [0.2, 0.25) is 5.13 Å². The summed E-state index contributed by atoms with van der Waals surface area (Å²) in [5.41, 5.74) is 0.793. The molecule has 6 nitrogen and oxygen atoms in total. The van der Waals surface area contributed by atoms with Gasteiger partial charge >= 0.3 is 5.97 Å². The lowest BCUT2D eigenvalue weighted by Gasteiger charge is -2.07. The smallest absolute Gasteiger partial charge is 0.313 e. The van der Waals surface area contributed by atoms with Crippen LogP contribution in [0.4, 0.5) is 10.8 Å². The second-order valence-electron chi connectivity index (χ2n) is 3.64. The number of carboxylic acids is 1. The molecule has 0 fully saturated rings. The zero-order chi connectivity index (χ0) is 15.2. The van der Waals surface area contributed by atoms with E-state index in [0.717, 1.165) is 17.4 Å². The Morgan fingerprint density at radius 3 is 2.71 bits per heavy atom. The number of anilines is 2. The normalized spacial score (nSPS) is 10.1. The van der Waals surface area contributed by atoms with Crippen LogP contribution in [-0.2, 0) is 4.79 Å². The van der Waals surface area contributed by atoms with E-state index in [1.807, 2.05) is 0 Å². The monoisotopic (exact) mass is 360 g/mol. The van der Waals surface area contributed by atoms with Gasteiger partial charge in [0.1, 0.15) is 0 Å². The fourth-order valence-corrected chi connectivity index (χ4v) is 3.12. The van der Waals surface area contributed by atoms with Gasteiger partial charge in [-0.15, -0.1) is 10.2 Å². The number of thiocarbonyl (C=S) groups is 1. The summed E-state index contributed by atoms with van der Waals surface area (Å²) in [7, 11) is 0. The van der Waals surface area contributed by atoms with Gasteiger partial charge in [0.05, 0.1) is 5.75 Å². The first kappa shape index (κ1) is 16.0. The molecule has 1 aromatic heterocycles. The van der Waals surface area contributed by atoms with Crippen molar-refractivity contribution in [1.29, 1.82) is 0 Å². The molecule has 1 aromatic carbocycles. The molecule has 2 aromatic rings. The highest BCUT2D eigenvalue weighted by Crippen LogP contribution is 2.25. The highest BCUT2D eigenvalue weighted by molar-refractivity contribution is 8.01. The fourth-order valence-electron chi connectivity index (χ4n) is 1.23. The minimum atomic E-state index is -0.898. The number of nitrogens with one attached hydrogen (secondary N) is 2. The van der Waals surface area contributed by atoms with Crippen molar-refractivity contribution in [3.63, 3.8) is 0 Å². The molecule has 0 bridgehead atoms. The lowest BCUT2D eigenvalue weighted by Crippen LogP contribution is -2.18. The van der Waals surface area contributed by atoms with Crippen molar-refractivity contribution in [1.82, 2.24) is 10.2 Å². The van der Waals surface area contributed by atoms with Crippen LogP contribution >= 0.6 is 46.9 Å². The van der Waals surface area contributed by atoms with Gasteiger partial charge in [-0.1, -0.05) is 34.7 Å². The number of aliphatic carboxylic acids is 1. The van der Waals surface area contributed by atoms with Gasteiger partial charge in [0.25, 0.3) is 0 Å². The first-order valence-electron chi connectivity index (χ1n) is 5.54. The van der Waals surface area contributed by atoms with Gasteiger partial charge < -0.3 is 15.7 Å². The maximum Gasteiger partial charge on any atom is 0.313 e. The molecular weight excluding hydrogens is 352 g/mol. The van der Waals surface area contributed by atoms with E-state index in [4.69, 9.17) is 28.9 Å². The molecule has 0 unspecified atom stereocenters. The van der Waals surface area contributed by atoms with E-state index >= 15 is 0 Å². The van der Waals surface area contributed by atoms with Gasteiger partial charge in [-0.25, -0.2) is 0 Å². The Kier molecular flexibility index (Phi) is 5.74. The third-order valence-electron chi connectivity index (χ3n) is 2.05. The SMILES string of the molecule is O=C(O)CSc1nnc(NC(=S)Nc2ccc(Cl)cc2)s1. The summed E-state index contributed by atoms with van der Waals surface area (Å²) in [6.45, 7) is 0. The highest BCUT2D eigenvalue weighted by Gasteiger charge is 2.08. The van der Waals surface area contributed by atoms with E-state index in [1.54, 1.807) is 24.3 Å². The van der Waals surface area contributed by atoms with Crippen LogP contribution in [0.15, 0.2) is 28.6 Å². The molecule has 0 amide bonds. The zero-order valence-corrected chi connectivity index (χ0v) is 13.6. The molecule has 0 spiro atoms. The summed E-state index contributed by atoms with van der Waals surface area (Å²) in [5.74, 6) is -0.952. The Balaban J connectivity index is 1.87. The van der Waals surface area contributed by atoms with Crippen molar-refractivity contribution in [2.45, 2.75) is 4.34 Å². The van der Waals surface area contributed by atoms with Crippen molar-refractivity contribution in [3.05, 3.63) is 29.3 Å². The Labute approximate surface area is 138 Å². The first-order chi connectivity index (χ1) is 10.0. The number of rotatable bonds is 5. The second-order valence-corrected chi connectivity index (χ2v) is 6.69. The molecule has 0 saturated carbocycles. The Morgan fingerprint density at radius 2 is 2.05 bits per heavy atom. The molecule has 0 saturated heterocycles. The van der Waals surface area contributed by atoms with Crippen molar-refractivity contribution >= 4 is 68.8 Å². The average molecular weight is 361 g/mol. The summed E-state index contributed by atoms with van der Waals surface area (Å²) in [4.78, 5) is 10.5. The first-order valence-corrected chi connectivity index (χ1v) is 8.13. The molecule has 0 aliphatic heterocycles. The summed E-state index contributed by atoms with van der Waals surface area (Å²) in [5, 5.41) is 23.7. The molecule has 21 heavy (non-hydrogen) atoms. The van der Waals surface area contributed by atoms with Crippen LogP contribution in [0.25, 0.3) is 0 Å². The number of hydrogen-bond donors (Lipinski definition) is 3. The maximum atomic E-state index is 10.5. The average Bonchev–Trinajstić information content (AvgIpc) is 2.86. The molecule has 0 aliphatic carbocycles. The zero-order valence-electron chi connectivity index (χ0n) is 10.4. The van der Waals surface area contributed by atoms with E-state index in [0.29, 0.717) is 19.6 Å². The van der Waals surface area contributed by atoms with E-state index in [9.17, 15) is 4.79 Å². The van der Waals surface area contributed by atoms with E-state index < -0.39 is 5.97 Å². The molecule has 0 radical (unpaired) electrons. The third kappa shape index (κ3) is 5.46. The van der Waals surface area contributed by atoms with Crippen LogP contribution in [0.2, 0.25) is 5.02 Å². The molecule has 1 heterocycles. The van der Waals surface area contributed by atoms with E-state index in [2.05, 4.69) is 20.8 Å². The number of thioether (sulfide) groups is 1. The molecule has 110 valence electrons. The van der Waals surface area contributed by atoms with E-state index in [1.165, 1.54) is 11.3 Å².